The fourth-order valence-electron chi connectivity index (χ4n) is 1.05. The summed E-state index contributed by atoms with van der Waals surface area (Å²) in [6, 6.07) is 6.93. The second-order valence-corrected chi connectivity index (χ2v) is 5.11. The highest BCUT2D eigenvalue weighted by atomic mass is 32.2. The fourth-order valence-corrected chi connectivity index (χ4v) is 2.47. The van der Waals surface area contributed by atoms with E-state index in [-0.39, 0.29) is 10.5 Å². The molecule has 0 unspecified atom stereocenters. The van der Waals surface area contributed by atoms with Gasteiger partial charge in [-0.05, 0) is 41.7 Å². The number of benzene rings is 1. The number of hydrogen-bond acceptors (Lipinski definition) is 5. The average molecular weight is 281 g/mol. The number of carbonyl (C=O) groups excluding carboxylic acids is 2. The van der Waals surface area contributed by atoms with Crippen molar-refractivity contribution in [3.63, 3.8) is 0 Å². The molecule has 0 aliphatic carbocycles. The summed E-state index contributed by atoms with van der Waals surface area (Å²) < 4.78 is 0. The molecule has 2 amide bonds. The van der Waals surface area contributed by atoms with Crippen molar-refractivity contribution in [2.45, 2.75) is 9.79 Å². The quantitative estimate of drug-likeness (QED) is 0.814. The SMILES string of the molecule is CNC(=O)Sc1ccc(C#N)c(SC(=O)NC)c1. The maximum absolute atomic E-state index is 11.3. The highest BCUT2D eigenvalue weighted by molar-refractivity contribution is 8.14. The van der Waals surface area contributed by atoms with Crippen LogP contribution in [0.4, 0.5) is 9.59 Å². The van der Waals surface area contributed by atoms with E-state index in [9.17, 15) is 9.59 Å². The van der Waals surface area contributed by atoms with Crippen LogP contribution in [0.1, 0.15) is 5.56 Å². The van der Waals surface area contributed by atoms with Crippen molar-refractivity contribution in [3.05, 3.63) is 23.8 Å². The van der Waals surface area contributed by atoms with Gasteiger partial charge in [-0.2, -0.15) is 5.26 Å². The molecule has 2 N–H and O–H groups in total. The first-order valence-electron chi connectivity index (χ1n) is 4.94. The van der Waals surface area contributed by atoms with E-state index in [0.717, 1.165) is 23.5 Å². The highest BCUT2D eigenvalue weighted by Crippen LogP contribution is 2.28. The zero-order chi connectivity index (χ0) is 13.5. The van der Waals surface area contributed by atoms with Crippen LogP contribution < -0.4 is 10.6 Å². The average Bonchev–Trinajstić information content (AvgIpc) is 2.38. The van der Waals surface area contributed by atoms with Gasteiger partial charge in [0.15, 0.2) is 0 Å². The Morgan fingerprint density at radius 2 is 1.78 bits per heavy atom. The molecular formula is C11H11N3O2S2. The van der Waals surface area contributed by atoms with E-state index in [4.69, 9.17) is 5.26 Å². The van der Waals surface area contributed by atoms with E-state index in [1.54, 1.807) is 25.2 Å². The number of amides is 2. The molecule has 94 valence electrons. The molecule has 1 aromatic carbocycles. The summed E-state index contributed by atoms with van der Waals surface area (Å²) in [4.78, 5) is 23.7. The summed E-state index contributed by atoms with van der Waals surface area (Å²) in [5, 5.41) is 13.4. The second-order valence-electron chi connectivity index (χ2n) is 3.05. The lowest BCUT2D eigenvalue weighted by atomic mass is 10.2. The van der Waals surface area contributed by atoms with Crippen LogP contribution >= 0.6 is 23.5 Å². The van der Waals surface area contributed by atoms with Crippen LogP contribution in [0.25, 0.3) is 0 Å². The minimum atomic E-state index is -0.256. The van der Waals surface area contributed by atoms with E-state index in [1.165, 1.54) is 7.05 Å². The van der Waals surface area contributed by atoms with Crippen LogP contribution in [0.15, 0.2) is 28.0 Å². The molecule has 0 aromatic heterocycles. The Morgan fingerprint density at radius 3 is 2.33 bits per heavy atom. The predicted octanol–water partition coefficient (Wildman–Crippen LogP) is 2.42. The number of rotatable bonds is 2. The lowest BCUT2D eigenvalue weighted by Gasteiger charge is -2.05. The van der Waals surface area contributed by atoms with Crippen LogP contribution in [0, 0.1) is 11.3 Å². The standard InChI is InChI=1S/C11H11N3O2S2/c1-13-10(15)17-8-4-3-7(6-12)9(5-8)18-11(16)14-2/h3-5H,1-2H3,(H,13,15)(H,14,16). The van der Waals surface area contributed by atoms with Gasteiger partial charge in [-0.3, -0.25) is 9.59 Å². The Balaban J connectivity index is 2.98. The number of nitrogens with one attached hydrogen (secondary N) is 2. The van der Waals surface area contributed by atoms with Gasteiger partial charge < -0.3 is 10.6 Å². The molecule has 0 radical (unpaired) electrons. The molecule has 0 saturated heterocycles. The molecule has 0 aliphatic heterocycles. The lowest BCUT2D eigenvalue weighted by molar-refractivity contribution is 0.261. The van der Waals surface area contributed by atoms with Crippen molar-refractivity contribution in [1.29, 1.82) is 5.26 Å². The zero-order valence-corrected chi connectivity index (χ0v) is 11.4. The Bertz CT molecular complexity index is 512. The summed E-state index contributed by atoms with van der Waals surface area (Å²) in [6.07, 6.45) is 0. The summed E-state index contributed by atoms with van der Waals surface area (Å²) >= 11 is 1.93. The minimum absolute atomic E-state index is 0.199. The maximum Gasteiger partial charge on any atom is 0.283 e. The molecule has 5 nitrogen and oxygen atoms in total. The minimum Gasteiger partial charge on any atom is -0.350 e. The van der Waals surface area contributed by atoms with Gasteiger partial charge in [-0.1, -0.05) is 0 Å². The third kappa shape index (κ3) is 3.98. The molecule has 0 atom stereocenters. The fraction of sp³-hybridized carbons (Fsp3) is 0.182. The maximum atomic E-state index is 11.3. The number of carbonyl (C=O) groups is 2. The van der Waals surface area contributed by atoms with Crippen LogP contribution in [-0.2, 0) is 0 Å². The van der Waals surface area contributed by atoms with Gasteiger partial charge in [0.25, 0.3) is 10.5 Å². The van der Waals surface area contributed by atoms with Crippen molar-refractivity contribution in [3.8, 4) is 6.07 Å². The smallest absolute Gasteiger partial charge is 0.283 e. The van der Waals surface area contributed by atoms with Crippen molar-refractivity contribution in [1.82, 2.24) is 10.6 Å². The van der Waals surface area contributed by atoms with Crippen LogP contribution in [0.5, 0.6) is 0 Å². The van der Waals surface area contributed by atoms with E-state index < -0.39 is 0 Å². The Kier molecular flexibility index (Phi) is 5.55. The first-order chi connectivity index (χ1) is 8.60. The van der Waals surface area contributed by atoms with Crippen molar-refractivity contribution < 1.29 is 9.59 Å². The van der Waals surface area contributed by atoms with Gasteiger partial charge in [0.05, 0.1) is 5.56 Å². The summed E-state index contributed by atoms with van der Waals surface area (Å²) in [7, 11) is 3.06. The molecule has 7 heteroatoms. The van der Waals surface area contributed by atoms with E-state index in [0.29, 0.717) is 15.4 Å². The number of nitriles is 1. The molecule has 1 rings (SSSR count). The van der Waals surface area contributed by atoms with Crippen molar-refractivity contribution >= 4 is 34.0 Å². The van der Waals surface area contributed by atoms with Crippen LogP contribution in [0.2, 0.25) is 0 Å². The van der Waals surface area contributed by atoms with Crippen LogP contribution in [-0.4, -0.2) is 24.6 Å². The summed E-state index contributed by atoms with van der Waals surface area (Å²) in [6.45, 7) is 0. The van der Waals surface area contributed by atoms with Crippen molar-refractivity contribution in [2.75, 3.05) is 14.1 Å². The Morgan fingerprint density at radius 1 is 1.17 bits per heavy atom. The predicted molar refractivity (Wildman–Crippen MR) is 71.8 cm³/mol. The number of nitrogens with zero attached hydrogens (tertiary/aromatic N) is 1. The molecule has 0 spiro atoms. The van der Waals surface area contributed by atoms with Gasteiger partial charge in [0, 0.05) is 23.9 Å². The lowest BCUT2D eigenvalue weighted by Crippen LogP contribution is -2.11. The molecule has 0 heterocycles. The largest absolute Gasteiger partial charge is 0.350 e. The summed E-state index contributed by atoms with van der Waals surface area (Å²) in [5.41, 5.74) is 0.407. The molecule has 18 heavy (non-hydrogen) atoms. The number of hydrogen-bond donors (Lipinski definition) is 2. The first-order valence-corrected chi connectivity index (χ1v) is 6.57. The molecule has 0 saturated carbocycles. The van der Waals surface area contributed by atoms with E-state index >= 15 is 0 Å². The van der Waals surface area contributed by atoms with Gasteiger partial charge in [-0.25, -0.2) is 0 Å². The monoisotopic (exact) mass is 281 g/mol. The third-order valence-electron chi connectivity index (χ3n) is 1.89. The van der Waals surface area contributed by atoms with Gasteiger partial charge in [0.1, 0.15) is 6.07 Å². The number of thioether (sulfide) groups is 2. The van der Waals surface area contributed by atoms with Crippen molar-refractivity contribution in [2.24, 2.45) is 0 Å². The zero-order valence-electron chi connectivity index (χ0n) is 9.81. The first kappa shape index (κ1) is 14.4. The molecule has 0 bridgehead atoms. The summed E-state index contributed by atoms with van der Waals surface area (Å²) in [5.74, 6) is 0. The van der Waals surface area contributed by atoms with E-state index in [2.05, 4.69) is 10.6 Å². The van der Waals surface area contributed by atoms with Crippen LogP contribution in [0.3, 0.4) is 0 Å². The van der Waals surface area contributed by atoms with E-state index in [1.807, 2.05) is 6.07 Å². The van der Waals surface area contributed by atoms with Gasteiger partial charge in [0.2, 0.25) is 0 Å². The second kappa shape index (κ2) is 6.93. The topological polar surface area (TPSA) is 82.0 Å². The third-order valence-corrected chi connectivity index (χ3v) is 3.72. The highest BCUT2D eigenvalue weighted by Gasteiger charge is 2.10. The van der Waals surface area contributed by atoms with Gasteiger partial charge in [-0.15, -0.1) is 0 Å². The normalized spacial score (nSPS) is 9.39. The Labute approximate surface area is 113 Å². The molecule has 0 aliphatic rings. The Hall–Kier alpha value is -1.65. The molecule has 1 aromatic rings. The van der Waals surface area contributed by atoms with Gasteiger partial charge >= 0.3 is 0 Å². The molecule has 0 fully saturated rings. The molecular weight excluding hydrogens is 270 g/mol.